The predicted molar refractivity (Wildman–Crippen MR) is 53.6 cm³/mol. The Morgan fingerprint density at radius 1 is 1.62 bits per heavy atom. The molecular formula is C9H10N2OS. The molecule has 0 saturated carbocycles. The van der Waals surface area contributed by atoms with Crippen LogP contribution < -0.4 is 5.73 Å². The van der Waals surface area contributed by atoms with E-state index in [1.165, 1.54) is 0 Å². The molecule has 2 aromatic heterocycles. The lowest BCUT2D eigenvalue weighted by Gasteiger charge is -2.02. The third-order valence-corrected chi connectivity index (χ3v) is 3.12. The molecule has 1 unspecified atom stereocenters. The monoisotopic (exact) mass is 194 g/mol. The lowest BCUT2D eigenvalue weighted by Crippen LogP contribution is -2.12. The largest absolute Gasteiger partial charge is 0.394 e. The van der Waals surface area contributed by atoms with Gasteiger partial charge in [0.15, 0.2) is 0 Å². The van der Waals surface area contributed by atoms with Gasteiger partial charge in [0.05, 0.1) is 17.3 Å². The van der Waals surface area contributed by atoms with Crippen LogP contribution in [0, 0.1) is 0 Å². The Hall–Kier alpha value is -0.970. The number of aliphatic hydroxyl groups is 1. The molecule has 0 aliphatic heterocycles. The van der Waals surface area contributed by atoms with Gasteiger partial charge in [-0.05, 0) is 17.5 Å². The van der Waals surface area contributed by atoms with Crippen molar-refractivity contribution in [3.63, 3.8) is 0 Å². The molecule has 0 aromatic carbocycles. The predicted octanol–water partition coefficient (Wildman–Crippen LogP) is 1.29. The average molecular weight is 194 g/mol. The van der Waals surface area contributed by atoms with Crippen LogP contribution in [0.15, 0.2) is 24.5 Å². The molecule has 68 valence electrons. The van der Waals surface area contributed by atoms with E-state index < -0.39 is 0 Å². The summed E-state index contributed by atoms with van der Waals surface area (Å²) in [7, 11) is 0. The molecule has 3 nitrogen and oxygen atoms in total. The first-order chi connectivity index (χ1) is 6.31. The highest BCUT2D eigenvalue weighted by atomic mass is 32.1. The normalized spacial score (nSPS) is 13.4. The van der Waals surface area contributed by atoms with Gasteiger partial charge >= 0.3 is 0 Å². The number of hydrogen-bond acceptors (Lipinski definition) is 4. The van der Waals surface area contributed by atoms with Crippen LogP contribution >= 0.6 is 11.3 Å². The summed E-state index contributed by atoms with van der Waals surface area (Å²) < 4.78 is 1.11. The highest BCUT2D eigenvalue weighted by Crippen LogP contribution is 2.27. The van der Waals surface area contributed by atoms with Crippen LogP contribution in [0.4, 0.5) is 0 Å². The molecule has 0 radical (unpaired) electrons. The number of fused-ring (bicyclic) bond motifs is 1. The Kier molecular flexibility index (Phi) is 2.26. The zero-order chi connectivity index (χ0) is 9.26. The van der Waals surface area contributed by atoms with Crippen molar-refractivity contribution < 1.29 is 5.11 Å². The molecule has 0 amide bonds. The highest BCUT2D eigenvalue weighted by molar-refractivity contribution is 7.19. The van der Waals surface area contributed by atoms with E-state index in [4.69, 9.17) is 10.8 Å². The molecular weight excluding hydrogens is 184 g/mol. The van der Waals surface area contributed by atoms with Crippen LogP contribution in [0.3, 0.4) is 0 Å². The summed E-state index contributed by atoms with van der Waals surface area (Å²) in [5.41, 5.74) is 5.70. The number of hydrogen-bond donors (Lipinski definition) is 2. The first-order valence-corrected chi connectivity index (χ1v) is 4.83. The van der Waals surface area contributed by atoms with Crippen LogP contribution in [-0.4, -0.2) is 16.7 Å². The van der Waals surface area contributed by atoms with Crippen molar-refractivity contribution in [3.8, 4) is 0 Å². The van der Waals surface area contributed by atoms with Gasteiger partial charge in [-0.2, -0.15) is 0 Å². The van der Waals surface area contributed by atoms with Gasteiger partial charge in [0.25, 0.3) is 0 Å². The van der Waals surface area contributed by atoms with E-state index in [9.17, 15) is 0 Å². The van der Waals surface area contributed by atoms with Gasteiger partial charge in [0, 0.05) is 17.3 Å². The Bertz CT molecular complexity index is 380. The van der Waals surface area contributed by atoms with E-state index in [0.29, 0.717) is 0 Å². The SMILES string of the molecule is NC(CO)c1cc2ccncc2s1. The van der Waals surface area contributed by atoms with Crippen LogP contribution in [0.5, 0.6) is 0 Å². The van der Waals surface area contributed by atoms with Gasteiger partial charge < -0.3 is 10.8 Å². The summed E-state index contributed by atoms with van der Waals surface area (Å²) in [6.07, 6.45) is 3.57. The molecule has 0 aliphatic rings. The van der Waals surface area contributed by atoms with Gasteiger partial charge in [-0.1, -0.05) is 0 Å². The van der Waals surface area contributed by atoms with Gasteiger partial charge in [-0.3, -0.25) is 4.98 Å². The van der Waals surface area contributed by atoms with E-state index in [0.717, 1.165) is 15.0 Å². The summed E-state index contributed by atoms with van der Waals surface area (Å²) in [6.45, 7) is -0.0136. The first-order valence-electron chi connectivity index (χ1n) is 4.01. The lowest BCUT2D eigenvalue weighted by molar-refractivity contribution is 0.269. The zero-order valence-corrected chi connectivity index (χ0v) is 7.79. The summed E-state index contributed by atoms with van der Waals surface area (Å²) in [5, 5.41) is 10.0. The van der Waals surface area contributed by atoms with Crippen molar-refractivity contribution in [2.45, 2.75) is 6.04 Å². The number of thiophene rings is 1. The van der Waals surface area contributed by atoms with E-state index in [-0.39, 0.29) is 12.6 Å². The molecule has 1 atom stereocenters. The zero-order valence-electron chi connectivity index (χ0n) is 6.97. The van der Waals surface area contributed by atoms with Gasteiger partial charge in [-0.15, -0.1) is 11.3 Å². The molecule has 4 heteroatoms. The van der Waals surface area contributed by atoms with E-state index in [1.54, 1.807) is 17.5 Å². The van der Waals surface area contributed by atoms with Crippen molar-refractivity contribution in [2.75, 3.05) is 6.61 Å². The number of aromatic nitrogens is 1. The number of nitrogens with zero attached hydrogens (tertiary/aromatic N) is 1. The van der Waals surface area contributed by atoms with Crippen molar-refractivity contribution >= 4 is 21.4 Å². The van der Waals surface area contributed by atoms with Gasteiger partial charge in [-0.25, -0.2) is 0 Å². The minimum atomic E-state index is -0.266. The fraction of sp³-hybridized carbons (Fsp3) is 0.222. The van der Waals surface area contributed by atoms with Crippen LogP contribution in [0.25, 0.3) is 10.1 Å². The minimum absolute atomic E-state index is 0.0136. The molecule has 0 bridgehead atoms. The summed E-state index contributed by atoms with van der Waals surface area (Å²) in [5.74, 6) is 0. The standard InChI is InChI=1S/C9H10N2OS/c10-7(5-12)8-3-6-1-2-11-4-9(6)13-8/h1-4,7,12H,5,10H2. The highest BCUT2D eigenvalue weighted by Gasteiger charge is 2.08. The molecule has 0 spiro atoms. The molecule has 0 saturated heterocycles. The molecule has 2 heterocycles. The fourth-order valence-corrected chi connectivity index (χ4v) is 2.20. The fourth-order valence-electron chi connectivity index (χ4n) is 1.18. The molecule has 2 rings (SSSR count). The topological polar surface area (TPSA) is 59.1 Å². The van der Waals surface area contributed by atoms with Crippen LogP contribution in [0.1, 0.15) is 10.9 Å². The number of rotatable bonds is 2. The van der Waals surface area contributed by atoms with E-state index >= 15 is 0 Å². The second kappa shape index (κ2) is 3.41. The Balaban J connectivity index is 2.49. The van der Waals surface area contributed by atoms with Crippen LogP contribution in [-0.2, 0) is 0 Å². The second-order valence-corrected chi connectivity index (χ2v) is 3.97. The third kappa shape index (κ3) is 1.56. The number of pyridine rings is 1. The van der Waals surface area contributed by atoms with Crippen LogP contribution in [0.2, 0.25) is 0 Å². The second-order valence-electron chi connectivity index (χ2n) is 2.85. The van der Waals surface area contributed by atoms with Gasteiger partial charge in [0.2, 0.25) is 0 Å². The minimum Gasteiger partial charge on any atom is -0.394 e. The van der Waals surface area contributed by atoms with E-state index in [1.807, 2.05) is 18.3 Å². The quantitative estimate of drug-likeness (QED) is 0.757. The molecule has 3 N–H and O–H groups in total. The van der Waals surface area contributed by atoms with Gasteiger partial charge in [0.1, 0.15) is 0 Å². The Labute approximate surface area is 79.8 Å². The molecule has 2 aromatic rings. The van der Waals surface area contributed by atoms with Crippen molar-refractivity contribution in [3.05, 3.63) is 29.4 Å². The third-order valence-electron chi connectivity index (χ3n) is 1.90. The Morgan fingerprint density at radius 2 is 2.46 bits per heavy atom. The summed E-state index contributed by atoms with van der Waals surface area (Å²) in [6, 6.07) is 3.68. The number of aliphatic hydroxyl groups excluding tert-OH is 1. The first kappa shape index (κ1) is 8.62. The lowest BCUT2D eigenvalue weighted by atomic mass is 10.2. The van der Waals surface area contributed by atoms with E-state index in [2.05, 4.69) is 4.98 Å². The van der Waals surface area contributed by atoms with Crippen molar-refractivity contribution in [2.24, 2.45) is 5.73 Å². The van der Waals surface area contributed by atoms with Crippen molar-refractivity contribution in [1.29, 1.82) is 0 Å². The summed E-state index contributed by atoms with van der Waals surface area (Å²) >= 11 is 1.58. The molecule has 0 aliphatic carbocycles. The Morgan fingerprint density at radius 3 is 3.15 bits per heavy atom. The smallest absolute Gasteiger partial charge is 0.0632 e. The van der Waals surface area contributed by atoms with Crippen molar-refractivity contribution in [1.82, 2.24) is 4.98 Å². The summed E-state index contributed by atoms with van der Waals surface area (Å²) in [4.78, 5) is 5.02. The number of nitrogens with two attached hydrogens (primary N) is 1. The maximum absolute atomic E-state index is 8.88. The molecule has 0 fully saturated rings. The maximum atomic E-state index is 8.88. The maximum Gasteiger partial charge on any atom is 0.0632 e. The molecule has 13 heavy (non-hydrogen) atoms. The average Bonchev–Trinajstić information content (AvgIpc) is 2.59.